The van der Waals surface area contributed by atoms with E-state index in [4.69, 9.17) is 0 Å². The molecule has 0 amide bonds. The van der Waals surface area contributed by atoms with E-state index in [1.54, 1.807) is 30.7 Å². The molecule has 3 aromatic rings. The molecular formula is C36H34S6. The molecule has 0 atom stereocenters. The van der Waals surface area contributed by atoms with Crippen LogP contribution in [0.25, 0.3) is 5.57 Å². The summed E-state index contributed by atoms with van der Waals surface area (Å²) in [6.45, 7) is 4.61. The van der Waals surface area contributed by atoms with Crippen molar-refractivity contribution >= 4 is 76.1 Å². The van der Waals surface area contributed by atoms with Gasteiger partial charge in [0.25, 0.3) is 0 Å². The van der Waals surface area contributed by atoms with E-state index in [-0.39, 0.29) is 4.08 Å². The van der Waals surface area contributed by atoms with E-state index < -0.39 is 0 Å². The Labute approximate surface area is 276 Å². The van der Waals surface area contributed by atoms with Gasteiger partial charge in [-0.25, -0.2) is 0 Å². The molecule has 2 bridgehead atoms. The van der Waals surface area contributed by atoms with Crippen LogP contribution in [0.3, 0.4) is 0 Å². The molecule has 0 saturated heterocycles. The van der Waals surface area contributed by atoms with Crippen molar-refractivity contribution in [2.75, 3.05) is 11.5 Å². The van der Waals surface area contributed by atoms with Crippen LogP contribution in [0.15, 0.2) is 84.2 Å². The van der Waals surface area contributed by atoms with Crippen molar-refractivity contribution in [3.8, 4) is 0 Å². The SMILES string of the molecule is CCCCSC1=C(SCCCC)SC(=C2c3cc4c(cc3CC23SC=CS3)C2c3ccccc3C4c3ccccc32)S1. The lowest BCUT2D eigenvalue weighted by molar-refractivity contribution is 0.752. The molecule has 0 N–H and O–H groups in total. The molecule has 6 aliphatic rings. The Morgan fingerprint density at radius 3 is 1.69 bits per heavy atom. The first-order chi connectivity index (χ1) is 20.7. The highest BCUT2D eigenvalue weighted by molar-refractivity contribution is 8.41. The summed E-state index contributed by atoms with van der Waals surface area (Å²) in [6.07, 6.45) is 6.21. The highest BCUT2D eigenvalue weighted by atomic mass is 32.3. The third kappa shape index (κ3) is 4.57. The molecule has 2 aliphatic heterocycles. The average Bonchev–Trinajstić information content (AvgIpc) is 3.73. The standard InChI is InChI=1S/C36H34S6/c1-3-5-15-37-34-35(38-16-6-4-2)42-33(41-34)32-27-20-29-28(19-22(27)21-36(32)39-17-18-40-36)30-23-11-7-9-13-25(23)31(29)26-14-10-8-12-24(26)30/h7-14,17-20,30-31H,3-6,15-16,21H2,1-2H3. The van der Waals surface area contributed by atoms with E-state index in [0.717, 1.165) is 6.42 Å². The number of fused-ring (bicyclic) bond motifs is 1. The molecule has 0 unspecified atom stereocenters. The summed E-state index contributed by atoms with van der Waals surface area (Å²) in [6, 6.07) is 23.8. The van der Waals surface area contributed by atoms with Crippen molar-refractivity contribution < 1.29 is 0 Å². The number of hydrogen-bond acceptors (Lipinski definition) is 6. The van der Waals surface area contributed by atoms with Crippen molar-refractivity contribution in [2.24, 2.45) is 0 Å². The number of hydrogen-bond donors (Lipinski definition) is 0. The Morgan fingerprint density at radius 1 is 0.690 bits per heavy atom. The number of thioether (sulfide) groups is 6. The molecule has 2 heterocycles. The third-order valence-corrected chi connectivity index (χ3v) is 17.5. The zero-order valence-electron chi connectivity index (χ0n) is 24.0. The molecule has 0 nitrogen and oxygen atoms in total. The fourth-order valence-corrected chi connectivity index (χ4v) is 16.4. The topological polar surface area (TPSA) is 0 Å². The van der Waals surface area contributed by atoms with Crippen molar-refractivity contribution in [2.45, 2.75) is 61.9 Å². The van der Waals surface area contributed by atoms with Gasteiger partial charge in [0, 0.05) is 23.8 Å². The fraction of sp³-hybridized carbons (Fsp3) is 0.333. The second kappa shape index (κ2) is 11.7. The van der Waals surface area contributed by atoms with E-state index in [0.29, 0.717) is 11.8 Å². The van der Waals surface area contributed by atoms with Crippen molar-refractivity contribution in [3.63, 3.8) is 0 Å². The summed E-state index contributed by atoms with van der Waals surface area (Å²) in [5.74, 6) is 3.12. The van der Waals surface area contributed by atoms with Crippen molar-refractivity contribution in [3.05, 3.63) is 129 Å². The summed E-state index contributed by atoms with van der Waals surface area (Å²) in [7, 11) is 0. The fourth-order valence-electron chi connectivity index (χ4n) is 7.12. The van der Waals surface area contributed by atoms with Crippen LogP contribution >= 0.6 is 70.6 Å². The van der Waals surface area contributed by atoms with Gasteiger partial charge in [-0.3, -0.25) is 0 Å². The van der Waals surface area contributed by atoms with Crippen LogP contribution in [0.5, 0.6) is 0 Å². The van der Waals surface area contributed by atoms with Gasteiger partial charge < -0.3 is 0 Å². The largest absolute Gasteiger partial charge is 0.117 e. The Morgan fingerprint density at radius 2 is 1.19 bits per heavy atom. The van der Waals surface area contributed by atoms with Gasteiger partial charge in [0.05, 0.1) is 12.7 Å². The molecule has 1 spiro atoms. The minimum absolute atomic E-state index is 0.0586. The Hall–Kier alpha value is -1.02. The van der Waals surface area contributed by atoms with Crippen LogP contribution < -0.4 is 0 Å². The zero-order valence-corrected chi connectivity index (χ0v) is 28.9. The maximum Gasteiger partial charge on any atom is 0.100 e. The van der Waals surface area contributed by atoms with E-state index in [9.17, 15) is 0 Å². The van der Waals surface area contributed by atoms with Gasteiger partial charge in [-0.15, -0.1) is 47.0 Å². The van der Waals surface area contributed by atoms with Crippen LogP contribution in [-0.4, -0.2) is 15.6 Å². The first-order valence-electron chi connectivity index (χ1n) is 15.2. The molecule has 0 radical (unpaired) electrons. The Bertz CT molecular complexity index is 1580. The molecule has 4 aliphatic carbocycles. The van der Waals surface area contributed by atoms with Crippen LogP contribution in [-0.2, 0) is 6.42 Å². The summed E-state index contributed by atoms with van der Waals surface area (Å²) in [4.78, 5) is 0. The molecule has 214 valence electrons. The molecule has 0 fully saturated rings. The van der Waals surface area contributed by atoms with Crippen molar-refractivity contribution in [1.82, 2.24) is 0 Å². The van der Waals surface area contributed by atoms with Gasteiger partial charge >= 0.3 is 0 Å². The smallest absolute Gasteiger partial charge is 0.100 e. The maximum absolute atomic E-state index is 2.65. The average molecular weight is 659 g/mol. The minimum atomic E-state index is 0.0586. The lowest BCUT2D eigenvalue weighted by Crippen LogP contribution is -2.27. The zero-order chi connectivity index (χ0) is 28.3. The Kier molecular flexibility index (Phi) is 7.94. The lowest BCUT2D eigenvalue weighted by atomic mass is 9.61. The van der Waals surface area contributed by atoms with Gasteiger partial charge in [0.2, 0.25) is 0 Å². The van der Waals surface area contributed by atoms with Crippen LogP contribution in [0.4, 0.5) is 0 Å². The third-order valence-electron chi connectivity index (χ3n) is 9.02. The first kappa shape index (κ1) is 28.5. The molecule has 3 aromatic carbocycles. The highest BCUT2D eigenvalue weighted by Gasteiger charge is 2.49. The molecule has 42 heavy (non-hydrogen) atoms. The summed E-state index contributed by atoms with van der Waals surface area (Å²) in [5.41, 5.74) is 13.8. The highest BCUT2D eigenvalue weighted by Crippen LogP contribution is 2.68. The van der Waals surface area contributed by atoms with E-state index in [2.05, 4.69) is 132 Å². The van der Waals surface area contributed by atoms with Gasteiger partial charge in [0.15, 0.2) is 0 Å². The normalized spacial score (nSPS) is 22.2. The second-order valence-corrected chi connectivity index (χ2v) is 19.2. The lowest BCUT2D eigenvalue weighted by Gasteiger charge is -2.42. The molecule has 6 heteroatoms. The molecule has 0 aromatic heterocycles. The summed E-state index contributed by atoms with van der Waals surface area (Å²) < 4.78 is 4.71. The van der Waals surface area contributed by atoms with Gasteiger partial charge in [-0.1, -0.05) is 105 Å². The number of unbranched alkanes of at least 4 members (excludes halogenated alkanes) is 2. The van der Waals surface area contributed by atoms with Crippen LogP contribution in [0.2, 0.25) is 0 Å². The maximum atomic E-state index is 2.65. The molecular weight excluding hydrogens is 625 g/mol. The summed E-state index contributed by atoms with van der Waals surface area (Å²) >= 11 is 12.5. The van der Waals surface area contributed by atoms with E-state index in [1.807, 2.05) is 23.5 Å². The van der Waals surface area contributed by atoms with Crippen LogP contribution in [0, 0.1) is 0 Å². The van der Waals surface area contributed by atoms with Gasteiger partial charge in [-0.05, 0) is 85.7 Å². The van der Waals surface area contributed by atoms with E-state index >= 15 is 0 Å². The Balaban J connectivity index is 1.25. The molecule has 9 rings (SSSR count). The predicted molar refractivity (Wildman–Crippen MR) is 196 cm³/mol. The van der Waals surface area contributed by atoms with Crippen molar-refractivity contribution in [1.29, 1.82) is 0 Å². The monoisotopic (exact) mass is 658 g/mol. The predicted octanol–water partition coefficient (Wildman–Crippen LogP) is 12.2. The quantitative estimate of drug-likeness (QED) is 0.151. The number of benzene rings is 3. The van der Waals surface area contributed by atoms with Gasteiger partial charge in [-0.2, -0.15) is 0 Å². The summed E-state index contributed by atoms with van der Waals surface area (Å²) in [5, 5.41) is 4.69. The minimum Gasteiger partial charge on any atom is -0.117 e. The first-order valence-corrected chi connectivity index (χ1v) is 20.5. The number of rotatable bonds is 8. The van der Waals surface area contributed by atoms with E-state index in [1.165, 1.54) is 69.2 Å². The van der Waals surface area contributed by atoms with Gasteiger partial charge in [0.1, 0.15) is 4.08 Å². The van der Waals surface area contributed by atoms with Crippen LogP contribution in [0.1, 0.15) is 95.9 Å². The molecule has 0 saturated carbocycles. The second-order valence-electron chi connectivity index (χ2n) is 11.5.